The normalized spacial score (nSPS) is 14.2. The lowest BCUT2D eigenvalue weighted by atomic mass is 9.85. The van der Waals surface area contributed by atoms with Crippen molar-refractivity contribution in [2.75, 3.05) is 6.54 Å². The van der Waals surface area contributed by atoms with Crippen LogP contribution < -0.4 is 10.0 Å². The van der Waals surface area contributed by atoms with E-state index in [-0.39, 0.29) is 29.3 Å². The number of carboxylic acids is 1. The molecule has 0 saturated carbocycles. The number of hydrogen-bond donors (Lipinski definition) is 3. The summed E-state index contributed by atoms with van der Waals surface area (Å²) in [5.41, 5.74) is -0.142. The zero-order valence-corrected chi connectivity index (χ0v) is 16.0. The largest absolute Gasteiger partial charge is 0.481 e. The van der Waals surface area contributed by atoms with Gasteiger partial charge in [-0.05, 0) is 37.5 Å². The number of aliphatic carboxylic acids is 1. The van der Waals surface area contributed by atoms with Gasteiger partial charge in [0.05, 0.1) is 16.9 Å². The van der Waals surface area contributed by atoms with E-state index >= 15 is 0 Å². The summed E-state index contributed by atoms with van der Waals surface area (Å²) in [4.78, 5) is 23.8. The zero-order valence-electron chi connectivity index (χ0n) is 15.2. The lowest BCUT2D eigenvalue weighted by molar-refractivity contribution is -0.138. The lowest BCUT2D eigenvalue weighted by Gasteiger charge is -2.33. The van der Waals surface area contributed by atoms with Gasteiger partial charge in [0.15, 0.2) is 0 Å². The number of amides is 1. The van der Waals surface area contributed by atoms with E-state index in [1.54, 1.807) is 26.8 Å². The predicted molar refractivity (Wildman–Crippen MR) is 95.0 cm³/mol. The van der Waals surface area contributed by atoms with Crippen molar-refractivity contribution >= 4 is 21.9 Å². The Morgan fingerprint density at radius 3 is 2.36 bits per heavy atom. The molecule has 1 amide bonds. The summed E-state index contributed by atoms with van der Waals surface area (Å²) in [7, 11) is -3.69. The molecule has 0 aromatic heterocycles. The third-order valence-corrected chi connectivity index (χ3v) is 5.83. The molecule has 0 saturated heterocycles. The fourth-order valence-corrected chi connectivity index (χ4v) is 3.39. The fraction of sp³-hybridized carbons (Fsp3) is 0.529. The van der Waals surface area contributed by atoms with Crippen LogP contribution in [0.4, 0.5) is 0 Å². The molecule has 140 valence electrons. The van der Waals surface area contributed by atoms with Crippen molar-refractivity contribution in [1.82, 2.24) is 10.0 Å². The highest BCUT2D eigenvalue weighted by Crippen LogP contribution is 2.23. The van der Waals surface area contributed by atoms with E-state index in [0.717, 1.165) is 0 Å². The first-order valence-corrected chi connectivity index (χ1v) is 9.56. The Morgan fingerprint density at radius 1 is 1.28 bits per heavy atom. The van der Waals surface area contributed by atoms with Gasteiger partial charge in [0, 0.05) is 12.1 Å². The number of carboxylic acid groups (broad SMARTS) is 1. The van der Waals surface area contributed by atoms with Gasteiger partial charge in [0.1, 0.15) is 0 Å². The predicted octanol–water partition coefficient (Wildman–Crippen LogP) is 1.91. The van der Waals surface area contributed by atoms with Crippen LogP contribution in [0, 0.1) is 12.8 Å². The molecule has 8 heteroatoms. The number of sulfonamides is 1. The summed E-state index contributed by atoms with van der Waals surface area (Å²) < 4.78 is 26.7. The summed E-state index contributed by atoms with van der Waals surface area (Å²) >= 11 is 0. The van der Waals surface area contributed by atoms with E-state index in [2.05, 4.69) is 10.0 Å². The van der Waals surface area contributed by atoms with Crippen LogP contribution in [0.15, 0.2) is 23.1 Å². The second-order valence-corrected chi connectivity index (χ2v) is 8.34. The van der Waals surface area contributed by atoms with Crippen LogP contribution in [0.5, 0.6) is 0 Å². The molecule has 1 rings (SSSR count). The van der Waals surface area contributed by atoms with Gasteiger partial charge in [0.2, 0.25) is 10.0 Å². The van der Waals surface area contributed by atoms with Crippen molar-refractivity contribution in [3.63, 3.8) is 0 Å². The first-order valence-electron chi connectivity index (χ1n) is 8.07. The molecule has 7 nitrogen and oxygen atoms in total. The van der Waals surface area contributed by atoms with Gasteiger partial charge in [0.25, 0.3) is 5.91 Å². The Balaban J connectivity index is 3.23. The molecule has 0 bridgehead atoms. The minimum absolute atomic E-state index is 0.00501. The molecule has 0 aliphatic carbocycles. The van der Waals surface area contributed by atoms with E-state index in [4.69, 9.17) is 5.11 Å². The molecular weight excluding hydrogens is 344 g/mol. The number of aryl methyl sites for hydroxylation is 1. The molecular formula is C17H26N2O5S. The summed E-state index contributed by atoms with van der Waals surface area (Å²) in [6.07, 6.45) is -0.231. The van der Waals surface area contributed by atoms with E-state index in [0.29, 0.717) is 5.56 Å². The van der Waals surface area contributed by atoms with Gasteiger partial charge in [-0.3, -0.25) is 9.59 Å². The van der Waals surface area contributed by atoms with Gasteiger partial charge in [-0.2, -0.15) is 0 Å². The van der Waals surface area contributed by atoms with E-state index in [1.807, 2.05) is 13.8 Å². The van der Waals surface area contributed by atoms with Crippen LogP contribution >= 0.6 is 0 Å². The van der Waals surface area contributed by atoms with E-state index in [1.165, 1.54) is 12.1 Å². The summed E-state index contributed by atoms with van der Waals surface area (Å²) in [6, 6.07) is 4.30. The van der Waals surface area contributed by atoms with Crippen molar-refractivity contribution in [3.05, 3.63) is 29.3 Å². The maximum Gasteiger partial charge on any atom is 0.305 e. The first kappa shape index (κ1) is 21.1. The van der Waals surface area contributed by atoms with Crippen LogP contribution in [-0.2, 0) is 14.8 Å². The molecule has 0 radical (unpaired) electrons. The molecule has 0 spiro atoms. The maximum atomic E-state index is 12.7. The minimum Gasteiger partial charge on any atom is -0.481 e. The van der Waals surface area contributed by atoms with Gasteiger partial charge in [-0.25, -0.2) is 13.1 Å². The molecule has 0 aliphatic rings. The fourth-order valence-electron chi connectivity index (χ4n) is 2.32. The monoisotopic (exact) mass is 370 g/mol. The van der Waals surface area contributed by atoms with Gasteiger partial charge >= 0.3 is 5.97 Å². The molecule has 0 fully saturated rings. The molecule has 3 N–H and O–H groups in total. The Labute approximate surface area is 148 Å². The number of carbonyl (C=O) groups is 2. The second-order valence-electron chi connectivity index (χ2n) is 6.57. The highest BCUT2D eigenvalue weighted by atomic mass is 32.2. The van der Waals surface area contributed by atoms with Gasteiger partial charge in [-0.15, -0.1) is 0 Å². The van der Waals surface area contributed by atoms with Gasteiger partial charge < -0.3 is 10.4 Å². The Hall–Kier alpha value is -1.93. The average Bonchev–Trinajstić information content (AvgIpc) is 2.46. The van der Waals surface area contributed by atoms with Crippen LogP contribution in [-0.4, -0.2) is 37.5 Å². The highest BCUT2D eigenvalue weighted by Gasteiger charge is 2.33. The average molecular weight is 370 g/mol. The third-order valence-electron chi connectivity index (χ3n) is 4.29. The first-order chi connectivity index (χ1) is 11.4. The highest BCUT2D eigenvalue weighted by molar-refractivity contribution is 7.89. The number of rotatable bonds is 8. The van der Waals surface area contributed by atoms with E-state index < -0.39 is 27.4 Å². The number of hydrogen-bond acceptors (Lipinski definition) is 4. The van der Waals surface area contributed by atoms with Crippen LogP contribution in [0.2, 0.25) is 0 Å². The molecule has 25 heavy (non-hydrogen) atoms. The van der Waals surface area contributed by atoms with Gasteiger partial charge in [-0.1, -0.05) is 26.8 Å². The Bertz CT molecular complexity index is 758. The smallest absolute Gasteiger partial charge is 0.305 e. The Kier molecular flexibility index (Phi) is 6.73. The molecule has 1 unspecified atom stereocenters. The van der Waals surface area contributed by atoms with Crippen LogP contribution in [0.3, 0.4) is 0 Å². The molecule has 0 aliphatic heterocycles. The van der Waals surface area contributed by atoms with Crippen LogP contribution in [0.25, 0.3) is 0 Å². The maximum absolute atomic E-state index is 12.7. The Morgan fingerprint density at radius 2 is 1.88 bits per heavy atom. The quantitative estimate of drug-likeness (QED) is 0.647. The summed E-state index contributed by atoms with van der Waals surface area (Å²) in [5.74, 6) is -1.64. The topological polar surface area (TPSA) is 113 Å². The molecule has 1 aromatic rings. The summed E-state index contributed by atoms with van der Waals surface area (Å²) in [5, 5.41) is 11.9. The number of benzene rings is 1. The zero-order chi connectivity index (χ0) is 19.4. The second kappa shape index (κ2) is 7.97. The third kappa shape index (κ3) is 5.27. The standard InChI is InChI=1S/C17H26N2O5S/c1-6-18-25(23,24)13-8-7-12(4)14(9-13)16(22)19-17(5,11(2)3)10-15(20)21/h7-9,11,18H,6,10H2,1-5H3,(H,19,22)(H,20,21). The van der Waals surface area contributed by atoms with Crippen molar-refractivity contribution in [3.8, 4) is 0 Å². The SMILES string of the molecule is CCNS(=O)(=O)c1ccc(C)c(C(=O)NC(C)(CC(=O)O)C(C)C)c1. The molecule has 0 heterocycles. The van der Waals surface area contributed by atoms with E-state index in [9.17, 15) is 18.0 Å². The molecule has 1 atom stereocenters. The number of carbonyl (C=O) groups excluding carboxylic acids is 1. The van der Waals surface area contributed by atoms with Crippen molar-refractivity contribution in [2.24, 2.45) is 5.92 Å². The minimum atomic E-state index is -3.69. The van der Waals surface area contributed by atoms with Crippen LogP contribution in [0.1, 0.15) is 50.0 Å². The molecule has 1 aromatic carbocycles. The van der Waals surface area contributed by atoms with Crippen molar-refractivity contribution in [2.45, 2.75) is 51.5 Å². The lowest BCUT2D eigenvalue weighted by Crippen LogP contribution is -2.51. The summed E-state index contributed by atoms with van der Waals surface area (Å²) in [6.45, 7) is 8.91. The van der Waals surface area contributed by atoms with Crippen molar-refractivity contribution in [1.29, 1.82) is 0 Å². The van der Waals surface area contributed by atoms with Crippen molar-refractivity contribution < 1.29 is 23.1 Å². The number of nitrogens with one attached hydrogen (secondary N) is 2.